The van der Waals surface area contributed by atoms with Gasteiger partial charge < -0.3 is 23.8 Å². The summed E-state index contributed by atoms with van der Waals surface area (Å²) in [4.78, 5) is 2.22. The van der Waals surface area contributed by atoms with Gasteiger partial charge in [-0.25, -0.2) is 0 Å². The van der Waals surface area contributed by atoms with Gasteiger partial charge in [0.2, 0.25) is 0 Å². The fraction of sp³-hybridized carbons (Fsp3) is 0.263. The van der Waals surface area contributed by atoms with Crippen LogP contribution in [0.5, 0.6) is 23.0 Å². The van der Waals surface area contributed by atoms with Crippen molar-refractivity contribution in [3.63, 3.8) is 0 Å². The lowest BCUT2D eigenvalue weighted by atomic mass is 9.52. The third-order valence-electron chi connectivity index (χ3n) is 13.8. The zero-order chi connectivity index (χ0) is 45.5. The summed E-state index contributed by atoms with van der Waals surface area (Å²) < 4.78 is 69.6. The number of rotatable bonds is 8. The summed E-state index contributed by atoms with van der Waals surface area (Å²) in [5.41, 5.74) is 6.10. The molecule has 1 atom stereocenters. The van der Waals surface area contributed by atoms with E-state index in [-0.39, 0.29) is 10.8 Å². The van der Waals surface area contributed by atoms with Crippen LogP contribution in [0.3, 0.4) is 0 Å². The van der Waals surface area contributed by atoms with Gasteiger partial charge in [0.1, 0.15) is 11.5 Å². The van der Waals surface area contributed by atoms with Crippen LogP contribution in [0.4, 0.5) is 30.2 Å². The number of hydrogen-bond donors (Lipinski definition) is 0. The van der Waals surface area contributed by atoms with E-state index in [4.69, 9.17) is 18.9 Å². The van der Waals surface area contributed by atoms with Crippen LogP contribution >= 0.6 is 0 Å². The van der Waals surface area contributed by atoms with Crippen LogP contribution in [0.1, 0.15) is 80.3 Å². The minimum absolute atomic E-state index is 0.199. The fourth-order valence-corrected chi connectivity index (χ4v) is 12.0. The molecule has 0 bridgehead atoms. The Kier molecular flexibility index (Phi) is 9.90. The van der Waals surface area contributed by atoms with E-state index in [0.29, 0.717) is 41.4 Å². The molecule has 2 aliphatic carbocycles. The van der Waals surface area contributed by atoms with E-state index in [9.17, 15) is 13.2 Å². The van der Waals surface area contributed by atoms with Gasteiger partial charge >= 0.3 is 6.18 Å². The molecule has 1 aliphatic heterocycles. The van der Waals surface area contributed by atoms with Crippen molar-refractivity contribution in [1.29, 1.82) is 0 Å². The van der Waals surface area contributed by atoms with Crippen molar-refractivity contribution < 1.29 is 32.1 Å². The number of methoxy groups -OCH3 is 3. The summed E-state index contributed by atoms with van der Waals surface area (Å²) in [7, 11) is 4.86. The molecular formula is C57H52F3NO4. The average molecular weight is 872 g/mol. The van der Waals surface area contributed by atoms with Crippen LogP contribution in [-0.2, 0) is 17.2 Å². The normalized spacial score (nSPS) is 18.6. The van der Waals surface area contributed by atoms with E-state index in [2.05, 4.69) is 93.3 Å². The number of ether oxygens (including phenoxy) is 4. The molecule has 0 radical (unpaired) electrons. The maximum absolute atomic E-state index is 14.8. The lowest BCUT2D eigenvalue weighted by Crippen LogP contribution is -2.44. The molecule has 0 N–H and O–H groups in total. The number of anilines is 3. The molecule has 3 aliphatic rings. The van der Waals surface area contributed by atoms with Crippen molar-refractivity contribution in [2.75, 3.05) is 26.2 Å². The highest BCUT2D eigenvalue weighted by atomic mass is 19.4. The van der Waals surface area contributed by atoms with E-state index in [1.807, 2.05) is 72.8 Å². The van der Waals surface area contributed by atoms with Gasteiger partial charge in [-0.1, -0.05) is 101 Å². The lowest BCUT2D eigenvalue weighted by molar-refractivity contribution is -0.137. The predicted molar refractivity (Wildman–Crippen MR) is 254 cm³/mol. The first-order valence-corrected chi connectivity index (χ1v) is 22.1. The number of halogens is 3. The van der Waals surface area contributed by atoms with Crippen molar-refractivity contribution in [2.45, 2.75) is 64.1 Å². The Labute approximate surface area is 379 Å². The van der Waals surface area contributed by atoms with E-state index in [0.717, 1.165) is 67.6 Å². The van der Waals surface area contributed by atoms with Crippen molar-refractivity contribution in [3.05, 3.63) is 179 Å². The molecule has 1 saturated carbocycles. The number of nitrogens with zero attached hydrogens (tertiary/aromatic N) is 1. The monoisotopic (exact) mass is 871 g/mol. The van der Waals surface area contributed by atoms with Gasteiger partial charge in [0, 0.05) is 44.6 Å². The second-order valence-electron chi connectivity index (χ2n) is 19.4. The van der Waals surface area contributed by atoms with E-state index < -0.39 is 22.8 Å². The first kappa shape index (κ1) is 42.3. The highest BCUT2D eigenvalue weighted by Crippen LogP contribution is 2.67. The van der Waals surface area contributed by atoms with Gasteiger partial charge in [-0.2, -0.15) is 13.2 Å². The van der Waals surface area contributed by atoms with Gasteiger partial charge in [0.15, 0.2) is 17.1 Å². The number of fused-ring (bicyclic) bond motifs is 10. The SMILES string of the molecule is COc1ccc(C2(c3ccc(N(c4ccccc4)c4ccccc4)cc3)C=Cc3c4c(c5cc(OC)c(OC)cc5c3O2)-c2ccc(C(F)(F)F)cc2C42CC(C)(C)CC(C)(C)C2)cc1. The van der Waals surface area contributed by atoms with Crippen LogP contribution < -0.4 is 23.8 Å². The molecule has 5 nitrogen and oxygen atoms in total. The van der Waals surface area contributed by atoms with Gasteiger partial charge in [0.05, 0.1) is 26.9 Å². The van der Waals surface area contributed by atoms with Gasteiger partial charge in [-0.05, 0) is 137 Å². The Morgan fingerprint density at radius 3 is 1.66 bits per heavy atom. The maximum Gasteiger partial charge on any atom is 0.416 e. The predicted octanol–water partition coefficient (Wildman–Crippen LogP) is 15.2. The van der Waals surface area contributed by atoms with Crippen LogP contribution in [-0.4, -0.2) is 21.3 Å². The molecule has 1 spiro atoms. The Hall–Kier alpha value is -6.67. The molecule has 10 rings (SSSR count). The van der Waals surface area contributed by atoms with Gasteiger partial charge in [-0.3, -0.25) is 0 Å². The van der Waals surface area contributed by atoms with Crippen LogP contribution in [0.15, 0.2) is 146 Å². The Balaban J connectivity index is 1.25. The van der Waals surface area contributed by atoms with Crippen LogP contribution in [0.2, 0.25) is 0 Å². The number of benzene rings is 7. The minimum atomic E-state index is -4.52. The third-order valence-corrected chi connectivity index (χ3v) is 13.8. The fourth-order valence-electron chi connectivity index (χ4n) is 12.0. The van der Waals surface area contributed by atoms with Crippen molar-refractivity contribution in [2.24, 2.45) is 10.8 Å². The average Bonchev–Trinajstić information content (AvgIpc) is 3.55. The second-order valence-corrected chi connectivity index (χ2v) is 19.4. The van der Waals surface area contributed by atoms with Crippen LogP contribution in [0, 0.1) is 10.8 Å². The zero-order valence-electron chi connectivity index (χ0n) is 37.8. The topological polar surface area (TPSA) is 40.2 Å². The number of alkyl halides is 3. The zero-order valence-corrected chi connectivity index (χ0v) is 37.8. The number of hydrogen-bond acceptors (Lipinski definition) is 5. The van der Waals surface area contributed by atoms with Crippen molar-refractivity contribution in [1.82, 2.24) is 0 Å². The summed E-state index contributed by atoms with van der Waals surface area (Å²) in [5.74, 6) is 2.37. The lowest BCUT2D eigenvalue weighted by Gasteiger charge is -2.52. The molecule has 8 heteroatoms. The molecule has 0 amide bonds. The van der Waals surface area contributed by atoms with Crippen LogP contribution in [0.25, 0.3) is 28.0 Å². The highest BCUT2D eigenvalue weighted by Gasteiger charge is 2.56. The summed E-state index contributed by atoms with van der Waals surface area (Å²) >= 11 is 0. The minimum Gasteiger partial charge on any atom is -0.497 e. The van der Waals surface area contributed by atoms with Crippen molar-refractivity contribution >= 4 is 33.9 Å². The Morgan fingerprint density at radius 2 is 1.12 bits per heavy atom. The quantitative estimate of drug-likeness (QED) is 0.152. The Morgan fingerprint density at radius 1 is 0.585 bits per heavy atom. The van der Waals surface area contributed by atoms with E-state index >= 15 is 0 Å². The van der Waals surface area contributed by atoms with Crippen molar-refractivity contribution in [3.8, 4) is 34.1 Å². The molecule has 65 heavy (non-hydrogen) atoms. The second kappa shape index (κ2) is 15.2. The largest absolute Gasteiger partial charge is 0.497 e. The molecular weight excluding hydrogens is 820 g/mol. The van der Waals surface area contributed by atoms with Gasteiger partial charge in [0.25, 0.3) is 0 Å². The molecule has 7 aromatic carbocycles. The molecule has 330 valence electrons. The molecule has 7 aromatic rings. The number of para-hydroxylation sites is 2. The first-order valence-electron chi connectivity index (χ1n) is 22.1. The molecule has 1 unspecified atom stereocenters. The van der Waals surface area contributed by atoms with Gasteiger partial charge in [-0.15, -0.1) is 0 Å². The highest BCUT2D eigenvalue weighted by molar-refractivity contribution is 6.10. The van der Waals surface area contributed by atoms with E-state index in [1.54, 1.807) is 27.4 Å². The molecule has 1 heterocycles. The summed E-state index contributed by atoms with van der Waals surface area (Å²) in [5, 5.41) is 1.60. The van der Waals surface area contributed by atoms with E-state index in [1.165, 1.54) is 12.1 Å². The molecule has 0 saturated heterocycles. The standard InChI is InChI=1S/C57H52F3NO4/c1-53(2)33-54(3,4)35-55(34-53)47-30-38(57(58,59)60)22-27-43(47)50-45-31-48(63-6)49(64-7)32-46(45)52-44(51(50)55)28-29-56(65-52,37-20-25-42(62-5)26-21-37)36-18-23-41(24-19-36)61(39-14-10-8-11-15-39)40-16-12-9-13-17-40/h8-32H,33-35H2,1-7H3. The third kappa shape index (κ3) is 6.91. The smallest absolute Gasteiger partial charge is 0.416 e. The summed E-state index contributed by atoms with van der Waals surface area (Å²) in [6.07, 6.45) is 2.03. The Bertz CT molecular complexity index is 2920. The molecule has 0 aromatic heterocycles. The maximum atomic E-state index is 14.8. The summed E-state index contributed by atoms with van der Waals surface area (Å²) in [6, 6.07) is 45.3. The molecule has 1 fully saturated rings. The summed E-state index contributed by atoms with van der Waals surface area (Å²) in [6.45, 7) is 9.01. The first-order chi connectivity index (χ1) is 31.1.